The van der Waals surface area contributed by atoms with Crippen LogP contribution in [0.4, 0.5) is 0 Å². The fourth-order valence-corrected chi connectivity index (χ4v) is 2.83. The van der Waals surface area contributed by atoms with Crippen molar-refractivity contribution in [3.8, 4) is 5.75 Å². The van der Waals surface area contributed by atoms with E-state index in [-0.39, 0.29) is 5.70 Å². The van der Waals surface area contributed by atoms with Gasteiger partial charge in [0, 0.05) is 5.56 Å². The molecular formula is C21H15NO3. The molecule has 0 radical (unpaired) electrons. The zero-order valence-electron chi connectivity index (χ0n) is 13.6. The second-order valence-electron chi connectivity index (χ2n) is 5.64. The smallest absolute Gasteiger partial charge is 0.363 e. The third-order valence-corrected chi connectivity index (χ3v) is 4.04. The van der Waals surface area contributed by atoms with E-state index in [1.54, 1.807) is 13.2 Å². The summed E-state index contributed by atoms with van der Waals surface area (Å²) in [6.45, 7) is 0. The molecule has 0 N–H and O–H groups in total. The van der Waals surface area contributed by atoms with Crippen molar-refractivity contribution in [3.63, 3.8) is 0 Å². The number of rotatable bonds is 3. The lowest BCUT2D eigenvalue weighted by molar-refractivity contribution is -0.129. The van der Waals surface area contributed by atoms with Crippen molar-refractivity contribution in [3.05, 3.63) is 83.6 Å². The Kier molecular flexibility index (Phi) is 3.78. The second-order valence-corrected chi connectivity index (χ2v) is 5.64. The van der Waals surface area contributed by atoms with E-state index in [1.807, 2.05) is 66.7 Å². The molecule has 122 valence electrons. The topological polar surface area (TPSA) is 47.9 Å². The van der Waals surface area contributed by atoms with Gasteiger partial charge in [0.25, 0.3) is 0 Å². The molecule has 3 aromatic rings. The first-order chi connectivity index (χ1) is 12.2. The third kappa shape index (κ3) is 2.90. The number of aliphatic imine (C=N–C) groups is 1. The Morgan fingerprint density at radius 3 is 2.68 bits per heavy atom. The van der Waals surface area contributed by atoms with Crippen LogP contribution in [0.3, 0.4) is 0 Å². The highest BCUT2D eigenvalue weighted by molar-refractivity contribution is 6.17. The largest absolute Gasteiger partial charge is 0.497 e. The Hall–Kier alpha value is -3.40. The van der Waals surface area contributed by atoms with Crippen molar-refractivity contribution >= 4 is 28.7 Å². The molecule has 0 saturated carbocycles. The molecule has 1 heterocycles. The van der Waals surface area contributed by atoms with Crippen LogP contribution in [-0.2, 0) is 9.53 Å². The Balaban J connectivity index is 1.76. The number of ether oxygens (including phenoxy) is 2. The summed E-state index contributed by atoms with van der Waals surface area (Å²) in [6.07, 6.45) is 1.70. The number of hydrogen-bond donors (Lipinski definition) is 0. The summed E-state index contributed by atoms with van der Waals surface area (Å²) in [4.78, 5) is 16.6. The lowest BCUT2D eigenvalue weighted by atomic mass is 10.0. The fraction of sp³-hybridized carbons (Fsp3) is 0.0476. The van der Waals surface area contributed by atoms with Crippen LogP contribution in [-0.4, -0.2) is 19.0 Å². The van der Waals surface area contributed by atoms with E-state index < -0.39 is 5.97 Å². The molecule has 0 fully saturated rings. The van der Waals surface area contributed by atoms with E-state index in [9.17, 15) is 4.79 Å². The van der Waals surface area contributed by atoms with E-state index in [4.69, 9.17) is 9.47 Å². The molecular weight excluding hydrogens is 314 g/mol. The van der Waals surface area contributed by atoms with E-state index in [0.29, 0.717) is 5.90 Å². The highest BCUT2D eigenvalue weighted by Gasteiger charge is 2.25. The molecule has 4 nitrogen and oxygen atoms in total. The lowest BCUT2D eigenvalue weighted by Gasteiger charge is -2.04. The van der Waals surface area contributed by atoms with Gasteiger partial charge in [-0.3, -0.25) is 0 Å². The molecule has 0 aromatic heterocycles. The van der Waals surface area contributed by atoms with E-state index in [2.05, 4.69) is 4.99 Å². The summed E-state index contributed by atoms with van der Waals surface area (Å²) in [5, 5.41) is 2.07. The van der Waals surface area contributed by atoms with Crippen LogP contribution in [0.1, 0.15) is 11.1 Å². The number of carbonyl (C=O) groups is 1. The summed E-state index contributed by atoms with van der Waals surface area (Å²) >= 11 is 0. The van der Waals surface area contributed by atoms with Crippen molar-refractivity contribution in [1.29, 1.82) is 0 Å². The molecule has 0 spiro atoms. The van der Waals surface area contributed by atoms with Crippen LogP contribution in [0.5, 0.6) is 5.75 Å². The molecule has 25 heavy (non-hydrogen) atoms. The summed E-state index contributed by atoms with van der Waals surface area (Å²) in [5.41, 5.74) is 1.91. The molecule has 1 aliphatic rings. The minimum absolute atomic E-state index is 0.274. The number of cyclic esters (lactones) is 1. The van der Waals surface area contributed by atoms with E-state index >= 15 is 0 Å². The molecule has 1 aliphatic heterocycles. The average Bonchev–Trinajstić information content (AvgIpc) is 3.01. The molecule has 4 heteroatoms. The van der Waals surface area contributed by atoms with Gasteiger partial charge in [0.1, 0.15) is 5.75 Å². The average molecular weight is 329 g/mol. The monoisotopic (exact) mass is 329 g/mol. The van der Waals surface area contributed by atoms with Gasteiger partial charge < -0.3 is 9.47 Å². The molecule has 0 unspecified atom stereocenters. The Bertz CT molecular complexity index is 1030. The van der Waals surface area contributed by atoms with Crippen molar-refractivity contribution < 1.29 is 14.3 Å². The Morgan fingerprint density at radius 1 is 1.00 bits per heavy atom. The first-order valence-electron chi connectivity index (χ1n) is 7.89. The molecule has 0 atom stereocenters. The predicted octanol–water partition coefficient (Wildman–Crippen LogP) is 4.19. The molecule has 0 saturated heterocycles. The fourth-order valence-electron chi connectivity index (χ4n) is 2.83. The van der Waals surface area contributed by atoms with Gasteiger partial charge in [0.05, 0.1) is 7.11 Å². The first-order valence-corrected chi connectivity index (χ1v) is 7.89. The van der Waals surface area contributed by atoms with Gasteiger partial charge in [0.2, 0.25) is 5.90 Å². The van der Waals surface area contributed by atoms with Gasteiger partial charge in [-0.15, -0.1) is 0 Å². The quantitative estimate of drug-likeness (QED) is 0.535. The van der Waals surface area contributed by atoms with Crippen molar-refractivity contribution in [2.24, 2.45) is 4.99 Å². The number of methoxy groups -OCH3 is 1. The van der Waals surface area contributed by atoms with E-state index in [1.165, 1.54) is 0 Å². The van der Waals surface area contributed by atoms with E-state index in [0.717, 1.165) is 27.6 Å². The van der Waals surface area contributed by atoms with Crippen LogP contribution < -0.4 is 4.74 Å². The number of nitrogens with zero attached hydrogens (tertiary/aromatic N) is 1. The van der Waals surface area contributed by atoms with Gasteiger partial charge in [-0.1, -0.05) is 48.5 Å². The highest BCUT2D eigenvalue weighted by atomic mass is 16.6. The van der Waals surface area contributed by atoms with Crippen molar-refractivity contribution in [1.82, 2.24) is 0 Å². The molecule has 0 bridgehead atoms. The first kappa shape index (κ1) is 15.1. The number of fused-ring (bicyclic) bond motifs is 1. The second kappa shape index (κ2) is 6.24. The van der Waals surface area contributed by atoms with Crippen LogP contribution >= 0.6 is 0 Å². The van der Waals surface area contributed by atoms with Gasteiger partial charge in [-0.05, 0) is 40.6 Å². The maximum atomic E-state index is 12.2. The van der Waals surface area contributed by atoms with Crippen LogP contribution in [0.25, 0.3) is 16.8 Å². The predicted molar refractivity (Wildman–Crippen MR) is 97.5 cm³/mol. The number of carbonyl (C=O) groups excluding carboxylic acids is 1. The Morgan fingerprint density at radius 2 is 1.80 bits per heavy atom. The van der Waals surface area contributed by atoms with Gasteiger partial charge in [-0.2, -0.15) is 0 Å². The standard InChI is InChI=1S/C21H15NO3/c1-24-16-9-4-6-14(12-16)13-19-21(23)25-20(22-19)18-11-5-8-15-7-2-3-10-17(15)18/h2-13H,1H3/b19-13+. The SMILES string of the molecule is COc1cccc(/C=C2/N=C(c3cccc4ccccc34)OC2=O)c1. The summed E-state index contributed by atoms with van der Waals surface area (Å²) < 4.78 is 10.6. The van der Waals surface area contributed by atoms with Crippen molar-refractivity contribution in [2.45, 2.75) is 0 Å². The van der Waals surface area contributed by atoms with Crippen LogP contribution in [0.15, 0.2) is 77.4 Å². The zero-order chi connectivity index (χ0) is 17.2. The molecule has 0 aliphatic carbocycles. The van der Waals surface area contributed by atoms with Gasteiger partial charge in [0.15, 0.2) is 5.70 Å². The molecule has 3 aromatic carbocycles. The maximum Gasteiger partial charge on any atom is 0.363 e. The minimum atomic E-state index is -0.453. The normalized spacial score (nSPS) is 15.3. The van der Waals surface area contributed by atoms with Crippen LogP contribution in [0, 0.1) is 0 Å². The summed E-state index contributed by atoms with van der Waals surface area (Å²) in [5.74, 6) is 0.598. The van der Waals surface area contributed by atoms with Gasteiger partial charge in [-0.25, -0.2) is 9.79 Å². The van der Waals surface area contributed by atoms with Crippen molar-refractivity contribution in [2.75, 3.05) is 7.11 Å². The minimum Gasteiger partial charge on any atom is -0.497 e. The lowest BCUT2D eigenvalue weighted by Crippen LogP contribution is -2.05. The Labute approximate surface area is 145 Å². The highest BCUT2D eigenvalue weighted by Crippen LogP contribution is 2.25. The van der Waals surface area contributed by atoms with Crippen LogP contribution in [0.2, 0.25) is 0 Å². The third-order valence-electron chi connectivity index (χ3n) is 4.04. The molecule has 4 rings (SSSR count). The summed E-state index contributed by atoms with van der Waals surface area (Å²) in [6, 6.07) is 21.2. The summed E-state index contributed by atoms with van der Waals surface area (Å²) in [7, 11) is 1.60. The van der Waals surface area contributed by atoms with Gasteiger partial charge >= 0.3 is 5.97 Å². The number of esters is 1. The number of benzene rings is 3. The zero-order valence-corrected chi connectivity index (χ0v) is 13.6. The molecule has 0 amide bonds. The number of hydrogen-bond acceptors (Lipinski definition) is 4. The maximum absolute atomic E-state index is 12.2.